The summed E-state index contributed by atoms with van der Waals surface area (Å²) in [7, 11) is 0. The summed E-state index contributed by atoms with van der Waals surface area (Å²) < 4.78 is 6.23. The van der Waals surface area contributed by atoms with Gasteiger partial charge in [-0.2, -0.15) is 4.98 Å². The number of para-hydroxylation sites is 1. The van der Waals surface area contributed by atoms with Crippen LogP contribution in [0.5, 0.6) is 5.88 Å². The Hall–Kier alpha value is -3.98. The van der Waals surface area contributed by atoms with E-state index in [2.05, 4.69) is 51.7 Å². The Balaban J connectivity index is 1.46. The van der Waals surface area contributed by atoms with E-state index in [4.69, 9.17) is 4.74 Å². The van der Waals surface area contributed by atoms with E-state index in [0.29, 0.717) is 22.5 Å². The number of nitrogens with zero attached hydrogens (tertiary/aromatic N) is 4. The second-order valence-corrected chi connectivity index (χ2v) is 8.50. The Labute approximate surface area is 194 Å². The fourth-order valence-electron chi connectivity index (χ4n) is 3.46. The molecule has 4 aromatic rings. The van der Waals surface area contributed by atoms with E-state index in [9.17, 15) is 10.1 Å². The number of nitro benzene ring substituents is 1. The lowest BCUT2D eigenvalue weighted by Gasteiger charge is -2.19. The number of hydrogen-bond donors (Lipinski definition) is 1. The van der Waals surface area contributed by atoms with Crippen LogP contribution in [-0.4, -0.2) is 20.1 Å². The first-order valence-corrected chi connectivity index (χ1v) is 11.3. The predicted octanol–water partition coefficient (Wildman–Crippen LogP) is 5.55. The monoisotopic (exact) mass is 457 g/mol. The molecule has 1 aromatic heterocycles. The van der Waals surface area contributed by atoms with Crippen molar-refractivity contribution in [3.05, 3.63) is 99.6 Å². The second kappa shape index (κ2) is 8.87. The second-order valence-electron chi connectivity index (χ2n) is 7.56. The van der Waals surface area contributed by atoms with Crippen molar-refractivity contribution in [1.82, 2.24) is 15.2 Å². The highest BCUT2D eigenvalue weighted by Crippen LogP contribution is 2.39. The average molecular weight is 458 g/mol. The summed E-state index contributed by atoms with van der Waals surface area (Å²) in [4.78, 5) is 15.2. The summed E-state index contributed by atoms with van der Waals surface area (Å²) >= 11 is 1.48. The number of nitrogens with one attached hydrogen (secondary N) is 1. The molecule has 164 valence electrons. The normalized spacial score (nSPS) is 14.3. The van der Waals surface area contributed by atoms with E-state index in [1.54, 1.807) is 12.1 Å². The third-order valence-electron chi connectivity index (χ3n) is 5.23. The average Bonchev–Trinajstić information content (AvgIpc) is 3.00. The molecule has 1 unspecified atom stereocenters. The first-order chi connectivity index (χ1) is 16.1. The highest BCUT2D eigenvalue weighted by atomic mass is 32.2. The van der Waals surface area contributed by atoms with E-state index >= 15 is 0 Å². The molecule has 1 aliphatic heterocycles. The Morgan fingerprint density at radius 3 is 2.55 bits per heavy atom. The minimum atomic E-state index is -0.597. The lowest BCUT2D eigenvalue weighted by atomic mass is 10.1. The molecular weight excluding hydrogens is 438 g/mol. The molecule has 0 radical (unpaired) electrons. The van der Waals surface area contributed by atoms with E-state index in [0.717, 1.165) is 16.8 Å². The van der Waals surface area contributed by atoms with Gasteiger partial charge in [-0.15, -0.1) is 10.2 Å². The van der Waals surface area contributed by atoms with Gasteiger partial charge in [-0.1, -0.05) is 59.8 Å². The van der Waals surface area contributed by atoms with Crippen molar-refractivity contribution in [2.45, 2.75) is 24.1 Å². The number of nitro groups is 1. The standard InChI is InChI=1S/C24H19N5O3S/c1-15-6-8-16(9-7-15)14-33-24-26-23-21(27-28-24)19-4-2-3-5-20(19)25-22(32-23)17-10-12-18(13-11-17)29(30)31/h2-13,22,25H,14H2,1H3. The zero-order valence-electron chi connectivity index (χ0n) is 17.6. The van der Waals surface area contributed by atoms with Gasteiger partial charge in [0, 0.05) is 34.7 Å². The third-order valence-corrected chi connectivity index (χ3v) is 6.14. The van der Waals surface area contributed by atoms with Gasteiger partial charge in [0.15, 0.2) is 11.9 Å². The summed E-state index contributed by atoms with van der Waals surface area (Å²) in [6, 6.07) is 22.3. The summed E-state index contributed by atoms with van der Waals surface area (Å²) in [5.41, 5.74) is 5.32. The molecule has 1 aliphatic rings. The van der Waals surface area contributed by atoms with Gasteiger partial charge in [-0.25, -0.2) is 0 Å². The molecule has 9 heteroatoms. The van der Waals surface area contributed by atoms with Crippen molar-refractivity contribution in [1.29, 1.82) is 0 Å². The molecule has 0 amide bonds. The van der Waals surface area contributed by atoms with Gasteiger partial charge in [0.05, 0.1) is 4.92 Å². The first-order valence-electron chi connectivity index (χ1n) is 10.3. The van der Waals surface area contributed by atoms with Gasteiger partial charge in [-0.3, -0.25) is 10.1 Å². The van der Waals surface area contributed by atoms with Gasteiger partial charge in [0.2, 0.25) is 11.0 Å². The number of aryl methyl sites for hydroxylation is 1. The van der Waals surface area contributed by atoms with Crippen LogP contribution >= 0.6 is 11.8 Å². The topological polar surface area (TPSA) is 103 Å². The first kappa shape index (κ1) is 20.9. The van der Waals surface area contributed by atoms with Crippen LogP contribution in [0.4, 0.5) is 11.4 Å². The zero-order valence-corrected chi connectivity index (χ0v) is 18.5. The van der Waals surface area contributed by atoms with Crippen LogP contribution in [0, 0.1) is 17.0 Å². The minimum absolute atomic E-state index is 0.0203. The number of fused-ring (bicyclic) bond motifs is 3. The van der Waals surface area contributed by atoms with Crippen LogP contribution in [0.25, 0.3) is 11.3 Å². The Kier molecular flexibility index (Phi) is 5.62. The Morgan fingerprint density at radius 1 is 1.03 bits per heavy atom. The summed E-state index contributed by atoms with van der Waals surface area (Å²) in [5.74, 6) is 1.07. The number of hydrogen-bond acceptors (Lipinski definition) is 8. The number of rotatable bonds is 5. The summed E-state index contributed by atoms with van der Waals surface area (Å²) in [5, 5.41) is 23.6. The molecule has 1 N–H and O–H groups in total. The molecule has 0 bridgehead atoms. The van der Waals surface area contributed by atoms with Gasteiger partial charge < -0.3 is 10.1 Å². The van der Waals surface area contributed by atoms with Crippen LogP contribution in [0.2, 0.25) is 0 Å². The van der Waals surface area contributed by atoms with E-state index < -0.39 is 11.2 Å². The zero-order chi connectivity index (χ0) is 22.8. The minimum Gasteiger partial charge on any atom is -0.448 e. The van der Waals surface area contributed by atoms with Gasteiger partial charge >= 0.3 is 0 Å². The molecule has 3 aromatic carbocycles. The number of ether oxygens (including phenoxy) is 1. The fraction of sp³-hybridized carbons (Fsp3) is 0.125. The van der Waals surface area contributed by atoms with Crippen molar-refractivity contribution in [3.63, 3.8) is 0 Å². The van der Waals surface area contributed by atoms with Crippen LogP contribution in [-0.2, 0) is 5.75 Å². The summed E-state index contributed by atoms with van der Waals surface area (Å²) in [6.07, 6.45) is -0.597. The lowest BCUT2D eigenvalue weighted by Crippen LogP contribution is -2.17. The third kappa shape index (κ3) is 4.49. The van der Waals surface area contributed by atoms with E-state index in [-0.39, 0.29) is 5.69 Å². The van der Waals surface area contributed by atoms with E-state index in [1.807, 2.05) is 24.3 Å². The number of benzene rings is 3. The quantitative estimate of drug-likeness (QED) is 0.236. The molecule has 8 nitrogen and oxygen atoms in total. The molecule has 1 atom stereocenters. The van der Waals surface area contributed by atoms with Crippen LogP contribution in [0.1, 0.15) is 22.9 Å². The van der Waals surface area contributed by atoms with Crippen molar-refractivity contribution >= 4 is 23.1 Å². The number of anilines is 1. The molecule has 33 heavy (non-hydrogen) atoms. The van der Waals surface area contributed by atoms with Crippen molar-refractivity contribution in [3.8, 4) is 17.1 Å². The van der Waals surface area contributed by atoms with Crippen LogP contribution < -0.4 is 10.1 Å². The molecule has 2 heterocycles. The molecule has 0 saturated heterocycles. The van der Waals surface area contributed by atoms with Gasteiger partial charge in [0.25, 0.3) is 5.69 Å². The smallest absolute Gasteiger partial charge is 0.269 e. The maximum atomic E-state index is 11.0. The summed E-state index contributed by atoms with van der Waals surface area (Å²) in [6.45, 7) is 2.06. The Bertz CT molecular complexity index is 1310. The molecule has 0 spiro atoms. The maximum absolute atomic E-state index is 11.0. The number of thioether (sulfide) groups is 1. The number of aromatic nitrogens is 3. The molecule has 0 saturated carbocycles. The fourth-order valence-corrected chi connectivity index (χ4v) is 4.20. The van der Waals surface area contributed by atoms with Crippen molar-refractivity contribution in [2.75, 3.05) is 5.32 Å². The molecule has 0 fully saturated rings. The highest BCUT2D eigenvalue weighted by Gasteiger charge is 2.26. The SMILES string of the molecule is Cc1ccc(CSc2nnc3c(n2)OC(c2ccc([N+](=O)[O-])cc2)Nc2ccccc2-3)cc1. The number of non-ortho nitro benzene ring substituents is 1. The largest absolute Gasteiger partial charge is 0.448 e. The van der Waals surface area contributed by atoms with Crippen LogP contribution in [0.15, 0.2) is 78.0 Å². The molecular formula is C24H19N5O3S. The lowest BCUT2D eigenvalue weighted by molar-refractivity contribution is -0.384. The maximum Gasteiger partial charge on any atom is 0.269 e. The molecule has 5 rings (SSSR count). The van der Waals surface area contributed by atoms with Gasteiger partial charge in [0.1, 0.15) is 0 Å². The Morgan fingerprint density at radius 2 is 1.79 bits per heavy atom. The predicted molar refractivity (Wildman–Crippen MR) is 126 cm³/mol. The van der Waals surface area contributed by atoms with E-state index in [1.165, 1.54) is 35.0 Å². The van der Waals surface area contributed by atoms with Crippen LogP contribution in [0.3, 0.4) is 0 Å². The van der Waals surface area contributed by atoms with Crippen molar-refractivity contribution < 1.29 is 9.66 Å². The van der Waals surface area contributed by atoms with Gasteiger partial charge in [-0.05, 0) is 30.7 Å². The van der Waals surface area contributed by atoms with Crippen molar-refractivity contribution in [2.24, 2.45) is 0 Å². The molecule has 0 aliphatic carbocycles. The highest BCUT2D eigenvalue weighted by molar-refractivity contribution is 7.98.